The number of methoxy groups -OCH3 is 2. The van der Waals surface area contributed by atoms with Gasteiger partial charge in [0.2, 0.25) is 0 Å². The molecule has 0 aromatic carbocycles. The van der Waals surface area contributed by atoms with Crippen LogP contribution in [0.15, 0.2) is 11.6 Å². The first-order chi connectivity index (χ1) is 11.1. The predicted molar refractivity (Wildman–Crippen MR) is 92.3 cm³/mol. The van der Waals surface area contributed by atoms with Gasteiger partial charge in [0.15, 0.2) is 0 Å². The highest BCUT2D eigenvalue weighted by Gasteiger charge is 2.58. The molecular formula is C19H31NO4. The van der Waals surface area contributed by atoms with Gasteiger partial charge in [-0.05, 0) is 32.4 Å². The van der Waals surface area contributed by atoms with Crippen LogP contribution in [0.5, 0.6) is 0 Å². The molecule has 0 spiro atoms. The number of ether oxygens (including phenoxy) is 2. The molecule has 0 radical (unpaired) electrons. The van der Waals surface area contributed by atoms with Crippen LogP contribution >= 0.6 is 0 Å². The molecule has 0 saturated heterocycles. The van der Waals surface area contributed by atoms with Gasteiger partial charge in [0.1, 0.15) is 0 Å². The Morgan fingerprint density at radius 3 is 2.17 bits per heavy atom. The number of carbonyl (C=O) groups excluding carboxylic acids is 2. The molecule has 0 aromatic heterocycles. The molecule has 0 aromatic rings. The molecule has 1 saturated carbocycles. The third kappa shape index (κ3) is 2.87. The van der Waals surface area contributed by atoms with E-state index in [-0.39, 0.29) is 28.8 Å². The van der Waals surface area contributed by atoms with Gasteiger partial charge in [-0.1, -0.05) is 38.8 Å². The van der Waals surface area contributed by atoms with Crippen LogP contribution in [0.3, 0.4) is 0 Å². The molecule has 4 atom stereocenters. The van der Waals surface area contributed by atoms with Crippen LogP contribution in [0.1, 0.15) is 40.0 Å². The minimum absolute atomic E-state index is 0.00855. The second kappa shape index (κ2) is 6.51. The number of nitrogens with zero attached hydrogens (tertiary/aromatic N) is 1. The SMILES string of the molecule is COC(=O)[C@@H]1[C@H](N(C)C)C=C2C(C)(C)CCC[C@]2(C)[C@H]1C(=O)OC. The molecule has 24 heavy (non-hydrogen) atoms. The van der Waals surface area contributed by atoms with Gasteiger partial charge < -0.3 is 14.4 Å². The zero-order valence-corrected chi connectivity index (χ0v) is 16.0. The fourth-order valence-corrected chi connectivity index (χ4v) is 4.96. The van der Waals surface area contributed by atoms with Gasteiger partial charge in [-0.25, -0.2) is 0 Å². The average Bonchev–Trinajstić information content (AvgIpc) is 2.51. The smallest absolute Gasteiger partial charge is 0.311 e. The van der Waals surface area contributed by atoms with Crippen molar-refractivity contribution in [3.8, 4) is 0 Å². The van der Waals surface area contributed by atoms with Crippen LogP contribution in [0.2, 0.25) is 0 Å². The summed E-state index contributed by atoms with van der Waals surface area (Å²) in [5, 5.41) is 0. The normalized spacial score (nSPS) is 35.0. The minimum Gasteiger partial charge on any atom is -0.469 e. The van der Waals surface area contributed by atoms with Crippen LogP contribution < -0.4 is 0 Å². The Balaban J connectivity index is 2.69. The number of hydrogen-bond donors (Lipinski definition) is 0. The van der Waals surface area contributed by atoms with E-state index >= 15 is 0 Å². The van der Waals surface area contributed by atoms with Crippen molar-refractivity contribution in [3.63, 3.8) is 0 Å². The molecule has 0 amide bonds. The third-order valence-electron chi connectivity index (χ3n) is 6.12. The summed E-state index contributed by atoms with van der Waals surface area (Å²) in [7, 11) is 6.65. The number of fused-ring (bicyclic) bond motifs is 1. The summed E-state index contributed by atoms with van der Waals surface area (Å²) < 4.78 is 10.2. The standard InChI is InChI=1S/C19H31NO4/c1-18(2)9-8-10-19(3)13(18)11-12(20(4)5)14(16(21)23-6)15(19)17(22)24-7/h11-12,14-15H,8-10H2,1-7H3/t12-,14-,15-,19+/m1/s1. The summed E-state index contributed by atoms with van der Waals surface area (Å²) in [6.45, 7) is 6.58. The molecule has 0 aliphatic heterocycles. The van der Waals surface area contributed by atoms with Gasteiger partial charge in [0.25, 0.3) is 0 Å². The van der Waals surface area contributed by atoms with Gasteiger partial charge in [0, 0.05) is 11.5 Å². The molecule has 0 N–H and O–H groups in total. The highest BCUT2D eigenvalue weighted by molar-refractivity contribution is 5.85. The van der Waals surface area contributed by atoms with Crippen LogP contribution in [-0.4, -0.2) is 51.2 Å². The van der Waals surface area contributed by atoms with E-state index in [0.717, 1.165) is 19.3 Å². The third-order valence-corrected chi connectivity index (χ3v) is 6.12. The predicted octanol–water partition coefficient (Wildman–Crippen LogP) is 2.65. The summed E-state index contributed by atoms with van der Waals surface area (Å²) in [6, 6.07) is -0.179. The molecule has 0 unspecified atom stereocenters. The van der Waals surface area contributed by atoms with Crippen molar-refractivity contribution in [2.45, 2.75) is 46.1 Å². The van der Waals surface area contributed by atoms with Crippen LogP contribution in [-0.2, 0) is 19.1 Å². The lowest BCUT2D eigenvalue weighted by atomic mass is 9.50. The van der Waals surface area contributed by atoms with Gasteiger partial charge in [-0.15, -0.1) is 0 Å². The highest BCUT2D eigenvalue weighted by atomic mass is 16.5. The number of hydrogen-bond acceptors (Lipinski definition) is 5. The molecule has 2 aliphatic carbocycles. The molecule has 0 heterocycles. The highest BCUT2D eigenvalue weighted by Crippen LogP contribution is 2.59. The van der Waals surface area contributed by atoms with E-state index < -0.39 is 11.8 Å². The largest absolute Gasteiger partial charge is 0.469 e. The van der Waals surface area contributed by atoms with E-state index in [4.69, 9.17) is 9.47 Å². The van der Waals surface area contributed by atoms with E-state index in [2.05, 4.69) is 26.8 Å². The lowest BCUT2D eigenvalue weighted by molar-refractivity contribution is -0.167. The summed E-state index contributed by atoms with van der Waals surface area (Å²) in [5.74, 6) is -1.74. The van der Waals surface area contributed by atoms with Crippen LogP contribution in [0.25, 0.3) is 0 Å². The first-order valence-corrected chi connectivity index (χ1v) is 8.65. The maximum absolute atomic E-state index is 12.8. The van der Waals surface area contributed by atoms with E-state index in [1.165, 1.54) is 19.8 Å². The second-order valence-electron chi connectivity index (χ2n) is 8.24. The fraction of sp³-hybridized carbons (Fsp3) is 0.789. The van der Waals surface area contributed by atoms with Crippen molar-refractivity contribution in [3.05, 3.63) is 11.6 Å². The summed E-state index contributed by atoms with van der Waals surface area (Å²) in [4.78, 5) is 27.4. The summed E-state index contributed by atoms with van der Waals surface area (Å²) in [5.41, 5.74) is 0.907. The lowest BCUT2D eigenvalue weighted by Crippen LogP contribution is -2.57. The van der Waals surface area contributed by atoms with E-state index in [1.807, 2.05) is 19.0 Å². The lowest BCUT2D eigenvalue weighted by Gasteiger charge is -2.55. The topological polar surface area (TPSA) is 55.8 Å². The number of allylic oxidation sites excluding steroid dienone is 1. The Labute approximate surface area is 145 Å². The number of carbonyl (C=O) groups is 2. The molecule has 1 fully saturated rings. The van der Waals surface area contributed by atoms with Gasteiger partial charge >= 0.3 is 11.9 Å². The Bertz CT molecular complexity index is 552. The molecule has 5 heteroatoms. The van der Waals surface area contributed by atoms with Crippen molar-refractivity contribution in [2.75, 3.05) is 28.3 Å². The van der Waals surface area contributed by atoms with Crippen LogP contribution in [0, 0.1) is 22.7 Å². The maximum Gasteiger partial charge on any atom is 0.311 e. The van der Waals surface area contributed by atoms with E-state index in [0.29, 0.717) is 0 Å². The maximum atomic E-state index is 12.8. The molecule has 2 aliphatic rings. The average molecular weight is 337 g/mol. The van der Waals surface area contributed by atoms with Crippen molar-refractivity contribution in [2.24, 2.45) is 22.7 Å². The quantitative estimate of drug-likeness (QED) is 0.585. The number of rotatable bonds is 3. The molecule has 0 bridgehead atoms. The summed E-state index contributed by atoms with van der Waals surface area (Å²) >= 11 is 0. The van der Waals surface area contributed by atoms with Crippen molar-refractivity contribution in [1.82, 2.24) is 4.90 Å². The molecule has 136 valence electrons. The molecular weight excluding hydrogens is 306 g/mol. The van der Waals surface area contributed by atoms with Crippen molar-refractivity contribution in [1.29, 1.82) is 0 Å². The second-order valence-corrected chi connectivity index (χ2v) is 8.24. The molecule has 2 rings (SSSR count). The van der Waals surface area contributed by atoms with Gasteiger partial charge in [-0.3, -0.25) is 9.59 Å². The van der Waals surface area contributed by atoms with E-state index in [1.54, 1.807) is 0 Å². The number of esters is 2. The van der Waals surface area contributed by atoms with Crippen LogP contribution in [0.4, 0.5) is 0 Å². The van der Waals surface area contributed by atoms with Crippen molar-refractivity contribution < 1.29 is 19.1 Å². The Hall–Kier alpha value is -1.36. The minimum atomic E-state index is -0.555. The van der Waals surface area contributed by atoms with Gasteiger partial charge in [-0.2, -0.15) is 0 Å². The fourth-order valence-electron chi connectivity index (χ4n) is 4.96. The Morgan fingerprint density at radius 1 is 1.08 bits per heavy atom. The van der Waals surface area contributed by atoms with Gasteiger partial charge in [0.05, 0.1) is 26.1 Å². The Kier molecular flexibility index (Phi) is 5.14. The monoisotopic (exact) mass is 337 g/mol. The Morgan fingerprint density at radius 2 is 1.67 bits per heavy atom. The first-order valence-electron chi connectivity index (χ1n) is 8.65. The first kappa shape index (κ1) is 19.0. The van der Waals surface area contributed by atoms with Crippen molar-refractivity contribution >= 4 is 11.9 Å². The number of likely N-dealkylation sites (N-methyl/N-ethyl adjacent to an activating group) is 1. The zero-order valence-electron chi connectivity index (χ0n) is 16.0. The summed E-state index contributed by atoms with van der Waals surface area (Å²) in [6.07, 6.45) is 5.22. The zero-order chi connectivity index (χ0) is 18.3. The molecule has 5 nitrogen and oxygen atoms in total. The van der Waals surface area contributed by atoms with E-state index in [9.17, 15) is 9.59 Å².